The van der Waals surface area contributed by atoms with Gasteiger partial charge >= 0.3 is 0 Å². The van der Waals surface area contributed by atoms with Gasteiger partial charge in [0.15, 0.2) is 0 Å². The van der Waals surface area contributed by atoms with Gasteiger partial charge < -0.3 is 10.1 Å². The lowest BCUT2D eigenvalue weighted by molar-refractivity contribution is -0.384. The highest BCUT2D eigenvalue weighted by molar-refractivity contribution is 6.33. The van der Waals surface area contributed by atoms with E-state index in [1.54, 1.807) is 24.9 Å². The van der Waals surface area contributed by atoms with Gasteiger partial charge in [0.05, 0.1) is 34.0 Å². The van der Waals surface area contributed by atoms with Crippen LogP contribution in [0.1, 0.15) is 11.3 Å². The molecule has 2 aromatic rings. The zero-order valence-electron chi connectivity index (χ0n) is 11.9. The van der Waals surface area contributed by atoms with Gasteiger partial charge in [0.1, 0.15) is 0 Å². The molecule has 0 bridgehead atoms. The number of aryl methyl sites for hydroxylation is 2. The van der Waals surface area contributed by atoms with Gasteiger partial charge in [0.25, 0.3) is 5.69 Å². The van der Waals surface area contributed by atoms with Gasteiger partial charge in [-0.3, -0.25) is 10.1 Å². The number of aromatic nitrogens is 2. The number of halogens is 1. The fourth-order valence-electron chi connectivity index (χ4n) is 2.08. The van der Waals surface area contributed by atoms with Crippen molar-refractivity contribution >= 4 is 23.0 Å². The van der Waals surface area contributed by atoms with Gasteiger partial charge in [-0.15, -0.1) is 0 Å². The average Bonchev–Trinajstić information content (AvgIpc) is 2.70. The molecule has 7 nitrogen and oxygen atoms in total. The Labute approximate surface area is 126 Å². The van der Waals surface area contributed by atoms with Crippen LogP contribution >= 0.6 is 11.6 Å². The number of hydrogen-bond acceptors (Lipinski definition) is 5. The molecule has 0 aliphatic heterocycles. The summed E-state index contributed by atoms with van der Waals surface area (Å²) in [6, 6.07) is 4.30. The first-order valence-corrected chi connectivity index (χ1v) is 6.56. The maximum atomic E-state index is 10.7. The maximum Gasteiger partial charge on any atom is 0.271 e. The van der Waals surface area contributed by atoms with E-state index in [4.69, 9.17) is 16.3 Å². The molecule has 1 N–H and O–H groups in total. The van der Waals surface area contributed by atoms with E-state index in [1.165, 1.54) is 12.1 Å². The molecule has 1 aromatic carbocycles. The van der Waals surface area contributed by atoms with Crippen molar-refractivity contribution in [3.8, 4) is 5.88 Å². The van der Waals surface area contributed by atoms with Crippen LogP contribution in [0, 0.1) is 17.0 Å². The molecule has 0 spiro atoms. The van der Waals surface area contributed by atoms with E-state index < -0.39 is 4.92 Å². The highest BCUT2D eigenvalue weighted by Crippen LogP contribution is 2.28. The van der Waals surface area contributed by atoms with Gasteiger partial charge in [-0.2, -0.15) is 5.10 Å². The number of anilines is 1. The summed E-state index contributed by atoms with van der Waals surface area (Å²) >= 11 is 6.04. The van der Waals surface area contributed by atoms with Crippen LogP contribution in [-0.2, 0) is 13.6 Å². The van der Waals surface area contributed by atoms with Crippen molar-refractivity contribution in [3.63, 3.8) is 0 Å². The molecule has 0 saturated heterocycles. The summed E-state index contributed by atoms with van der Waals surface area (Å²) in [4.78, 5) is 10.2. The number of rotatable bonds is 5. The van der Waals surface area contributed by atoms with Gasteiger partial charge in [-0.25, -0.2) is 4.68 Å². The number of benzene rings is 1. The Morgan fingerprint density at radius 2 is 2.24 bits per heavy atom. The fourth-order valence-corrected chi connectivity index (χ4v) is 2.33. The lowest BCUT2D eigenvalue weighted by Gasteiger charge is -2.09. The minimum absolute atomic E-state index is 0.0410. The summed E-state index contributed by atoms with van der Waals surface area (Å²) in [6.45, 7) is 2.34. The molecule has 0 fully saturated rings. The summed E-state index contributed by atoms with van der Waals surface area (Å²) in [6.07, 6.45) is 0. The van der Waals surface area contributed by atoms with Crippen LogP contribution in [0.4, 0.5) is 11.4 Å². The molecule has 0 unspecified atom stereocenters. The van der Waals surface area contributed by atoms with E-state index in [-0.39, 0.29) is 5.69 Å². The first kappa shape index (κ1) is 15.1. The van der Waals surface area contributed by atoms with Gasteiger partial charge in [0.2, 0.25) is 5.88 Å². The Bertz CT molecular complexity index is 684. The van der Waals surface area contributed by atoms with E-state index in [9.17, 15) is 10.1 Å². The summed E-state index contributed by atoms with van der Waals surface area (Å²) in [5, 5.41) is 18.4. The number of methoxy groups -OCH3 is 1. The molecule has 0 saturated carbocycles. The van der Waals surface area contributed by atoms with E-state index >= 15 is 0 Å². The molecule has 21 heavy (non-hydrogen) atoms. The molecule has 0 aliphatic carbocycles. The van der Waals surface area contributed by atoms with E-state index in [0.29, 0.717) is 23.1 Å². The number of ether oxygens (including phenoxy) is 1. The zero-order chi connectivity index (χ0) is 15.6. The van der Waals surface area contributed by atoms with Gasteiger partial charge in [0, 0.05) is 25.7 Å². The molecule has 1 heterocycles. The summed E-state index contributed by atoms with van der Waals surface area (Å²) in [5.41, 5.74) is 2.34. The largest absolute Gasteiger partial charge is 0.481 e. The van der Waals surface area contributed by atoms with Gasteiger partial charge in [-0.05, 0) is 13.0 Å². The van der Waals surface area contributed by atoms with Gasteiger partial charge in [-0.1, -0.05) is 11.6 Å². The van der Waals surface area contributed by atoms with Crippen LogP contribution in [0.2, 0.25) is 5.02 Å². The molecular weight excluding hydrogens is 296 g/mol. The predicted octanol–water partition coefficient (Wildman–Crippen LogP) is 2.91. The van der Waals surface area contributed by atoms with Crippen molar-refractivity contribution in [2.45, 2.75) is 13.5 Å². The number of nitro groups is 1. The number of nitro benzene ring substituents is 1. The van der Waals surface area contributed by atoms with Crippen molar-refractivity contribution in [2.24, 2.45) is 7.05 Å². The standard InChI is InChI=1S/C13H15ClN4O3/c1-8-10(13(21-3)17(2)16-8)7-15-12-5-4-9(18(19)20)6-11(12)14/h4-6,15H,7H2,1-3H3. The molecule has 0 aliphatic rings. The SMILES string of the molecule is COc1c(CNc2ccc([N+](=O)[O-])cc2Cl)c(C)nn1C. The maximum absolute atomic E-state index is 10.7. The zero-order valence-corrected chi connectivity index (χ0v) is 12.6. The van der Waals surface area contributed by atoms with Crippen molar-refractivity contribution in [1.82, 2.24) is 9.78 Å². The second-order valence-electron chi connectivity index (χ2n) is 4.47. The third-order valence-corrected chi connectivity index (χ3v) is 3.41. The Hall–Kier alpha value is -2.28. The van der Waals surface area contributed by atoms with E-state index in [2.05, 4.69) is 10.4 Å². The monoisotopic (exact) mass is 310 g/mol. The lowest BCUT2D eigenvalue weighted by atomic mass is 10.2. The number of hydrogen-bond donors (Lipinski definition) is 1. The number of nitrogens with one attached hydrogen (secondary N) is 1. The third-order valence-electron chi connectivity index (χ3n) is 3.10. The summed E-state index contributed by atoms with van der Waals surface area (Å²) in [5.74, 6) is 0.665. The first-order chi connectivity index (χ1) is 9.93. The van der Waals surface area contributed by atoms with Crippen molar-refractivity contribution in [2.75, 3.05) is 12.4 Å². The van der Waals surface area contributed by atoms with Crippen molar-refractivity contribution < 1.29 is 9.66 Å². The molecule has 112 valence electrons. The normalized spacial score (nSPS) is 10.5. The quantitative estimate of drug-likeness (QED) is 0.678. The Morgan fingerprint density at radius 3 is 2.81 bits per heavy atom. The van der Waals surface area contributed by atoms with Crippen LogP contribution < -0.4 is 10.1 Å². The van der Waals surface area contributed by atoms with Crippen molar-refractivity contribution in [1.29, 1.82) is 0 Å². The third kappa shape index (κ3) is 3.08. The predicted molar refractivity (Wildman–Crippen MR) is 79.9 cm³/mol. The molecule has 1 aromatic heterocycles. The highest BCUT2D eigenvalue weighted by atomic mass is 35.5. The molecular formula is C13H15ClN4O3. The van der Waals surface area contributed by atoms with E-state index in [1.807, 2.05) is 6.92 Å². The molecule has 0 atom stereocenters. The molecule has 8 heteroatoms. The average molecular weight is 311 g/mol. The minimum Gasteiger partial charge on any atom is -0.481 e. The summed E-state index contributed by atoms with van der Waals surface area (Å²) in [7, 11) is 3.38. The van der Waals surface area contributed by atoms with Crippen LogP contribution in [0.3, 0.4) is 0 Å². The highest BCUT2D eigenvalue weighted by Gasteiger charge is 2.15. The van der Waals surface area contributed by atoms with E-state index in [0.717, 1.165) is 11.3 Å². The Morgan fingerprint density at radius 1 is 1.52 bits per heavy atom. The molecule has 0 radical (unpaired) electrons. The Balaban J connectivity index is 2.19. The van der Waals surface area contributed by atoms with Crippen LogP contribution in [0.15, 0.2) is 18.2 Å². The fraction of sp³-hybridized carbons (Fsp3) is 0.308. The smallest absolute Gasteiger partial charge is 0.271 e. The number of non-ortho nitro benzene ring substituents is 1. The molecule has 2 rings (SSSR count). The lowest BCUT2D eigenvalue weighted by Crippen LogP contribution is -2.03. The minimum atomic E-state index is -0.482. The summed E-state index contributed by atoms with van der Waals surface area (Å²) < 4.78 is 6.96. The number of nitrogens with zero attached hydrogens (tertiary/aromatic N) is 3. The van der Waals surface area contributed by atoms with Crippen LogP contribution in [0.25, 0.3) is 0 Å². The molecule has 0 amide bonds. The second kappa shape index (κ2) is 6.01. The first-order valence-electron chi connectivity index (χ1n) is 6.18. The van der Waals surface area contributed by atoms with Crippen LogP contribution in [-0.4, -0.2) is 21.8 Å². The van der Waals surface area contributed by atoms with Crippen molar-refractivity contribution in [3.05, 3.63) is 44.6 Å². The topological polar surface area (TPSA) is 82.2 Å². The van der Waals surface area contributed by atoms with Crippen LogP contribution in [0.5, 0.6) is 5.88 Å². The Kier molecular flexibility index (Phi) is 4.32. The second-order valence-corrected chi connectivity index (χ2v) is 4.88.